The monoisotopic (exact) mass is 422 g/mol. The summed E-state index contributed by atoms with van der Waals surface area (Å²) < 4.78 is 37.1. The minimum absolute atomic E-state index is 0.0970. The average Bonchev–Trinajstić information content (AvgIpc) is 2.59. The molecule has 0 heterocycles. The zero-order valence-electron chi connectivity index (χ0n) is 14.0. The summed E-state index contributed by atoms with van der Waals surface area (Å²) in [7, 11) is -4.92. The van der Waals surface area contributed by atoms with Crippen molar-refractivity contribution in [3.8, 4) is 11.5 Å². The Balaban J connectivity index is 3.11. The first-order valence-electron chi connectivity index (χ1n) is 7.09. The maximum Gasteiger partial charge on any atom is 0.331 e. The molecule has 0 aliphatic rings. The summed E-state index contributed by atoms with van der Waals surface area (Å²) in [5.74, 6) is -1.07. The third-order valence-corrected chi connectivity index (χ3v) is 3.66. The summed E-state index contributed by atoms with van der Waals surface area (Å²) in [6.45, 7) is 0.987. The highest BCUT2D eigenvalue weighted by Crippen LogP contribution is 2.29. The van der Waals surface area contributed by atoms with Crippen LogP contribution in [-0.4, -0.2) is 41.1 Å². The smallest absolute Gasteiger partial charge is 0.331 e. The number of benzene rings is 1. The van der Waals surface area contributed by atoms with Gasteiger partial charge in [-0.25, -0.2) is 0 Å². The predicted octanol–water partition coefficient (Wildman–Crippen LogP) is 0.843. The van der Waals surface area contributed by atoms with E-state index in [4.69, 9.17) is 4.74 Å². The molecule has 1 unspecified atom stereocenters. The van der Waals surface area contributed by atoms with Crippen LogP contribution in [0.25, 0.3) is 0 Å². The first-order chi connectivity index (χ1) is 13.0. The lowest BCUT2D eigenvalue weighted by Crippen LogP contribution is -2.23. The van der Waals surface area contributed by atoms with Gasteiger partial charge in [-0.1, -0.05) is 23.2 Å². The fourth-order valence-electron chi connectivity index (χ4n) is 1.66. The van der Waals surface area contributed by atoms with Crippen molar-refractivity contribution in [2.45, 2.75) is 18.1 Å². The van der Waals surface area contributed by atoms with Gasteiger partial charge in [0, 0.05) is 11.6 Å². The Bertz CT molecular complexity index is 880. The standard InChI is InChI=1S/C13H14N2O12S/c1-2-3-4-9(8-24-14(17)18)13(16)25-10-5-6-11(26-27-15(19)20)12(7-10)28(21,22)23/h2-7,13,16H,8H2,1H3,(H,21,22,23)/b3-2-,9-4-. The summed E-state index contributed by atoms with van der Waals surface area (Å²) in [6.07, 6.45) is 2.45. The van der Waals surface area contributed by atoms with Gasteiger partial charge in [-0.15, -0.1) is 20.2 Å². The SMILES string of the molecule is C/C=C\C=C(\CO[N+](=O)[O-])C(O)Oc1ccc(OO[N+](=O)[O-])c(S(=O)(=O)O)c1. The van der Waals surface area contributed by atoms with Crippen LogP contribution in [0.1, 0.15) is 6.92 Å². The molecule has 0 aliphatic carbocycles. The molecule has 0 amide bonds. The molecule has 2 N–H and O–H groups in total. The van der Waals surface area contributed by atoms with Gasteiger partial charge >= 0.3 is 5.09 Å². The van der Waals surface area contributed by atoms with Gasteiger partial charge in [-0.05, 0) is 19.1 Å². The van der Waals surface area contributed by atoms with E-state index in [9.17, 15) is 38.3 Å². The number of nitrogens with zero attached hydrogens (tertiary/aromatic N) is 2. The second kappa shape index (κ2) is 10.0. The quantitative estimate of drug-likeness (QED) is 0.127. The first kappa shape index (κ1) is 22.6. The second-order valence-electron chi connectivity index (χ2n) is 4.70. The number of ether oxygens (including phenoxy) is 1. The molecule has 1 aromatic carbocycles. The molecule has 0 saturated heterocycles. The molecule has 0 radical (unpaired) electrons. The van der Waals surface area contributed by atoms with Crippen LogP contribution in [0.5, 0.6) is 11.5 Å². The fourth-order valence-corrected chi connectivity index (χ4v) is 2.28. The number of allylic oxidation sites excluding steroid dienone is 3. The topological polar surface area (TPSA) is 198 Å². The van der Waals surface area contributed by atoms with Gasteiger partial charge in [0.2, 0.25) is 6.29 Å². The van der Waals surface area contributed by atoms with E-state index < -0.39 is 43.8 Å². The summed E-state index contributed by atoms with van der Waals surface area (Å²) in [5, 5.41) is 28.0. The molecule has 0 saturated carbocycles. The Morgan fingerprint density at radius 3 is 2.50 bits per heavy atom. The highest BCUT2D eigenvalue weighted by Gasteiger charge is 2.22. The van der Waals surface area contributed by atoms with E-state index in [0.717, 1.165) is 12.1 Å². The summed E-state index contributed by atoms with van der Waals surface area (Å²) in [4.78, 5) is 31.4. The van der Waals surface area contributed by atoms with Crippen LogP contribution in [0.15, 0.2) is 46.9 Å². The minimum atomic E-state index is -4.92. The van der Waals surface area contributed by atoms with E-state index in [1.807, 2.05) is 0 Å². The van der Waals surface area contributed by atoms with Crippen molar-refractivity contribution in [2.24, 2.45) is 0 Å². The Morgan fingerprint density at radius 1 is 1.29 bits per heavy atom. The van der Waals surface area contributed by atoms with E-state index in [1.165, 1.54) is 12.2 Å². The molecule has 0 bridgehead atoms. The number of rotatable bonds is 11. The second-order valence-corrected chi connectivity index (χ2v) is 6.09. The van der Waals surface area contributed by atoms with Gasteiger partial charge in [-0.2, -0.15) is 8.42 Å². The van der Waals surface area contributed by atoms with Crippen molar-refractivity contribution < 1.29 is 47.7 Å². The number of hydrogen-bond acceptors (Lipinski definition) is 11. The normalized spacial score (nSPS) is 13.0. The Hall–Kier alpha value is -3.43. The average molecular weight is 422 g/mol. The molecule has 0 spiro atoms. The third-order valence-electron chi connectivity index (χ3n) is 2.79. The molecular formula is C13H14N2O12S. The van der Waals surface area contributed by atoms with Crippen LogP contribution in [0, 0.1) is 20.2 Å². The van der Waals surface area contributed by atoms with E-state index in [-0.39, 0.29) is 11.3 Å². The number of aliphatic hydroxyl groups excluding tert-OH is 1. The summed E-state index contributed by atoms with van der Waals surface area (Å²) in [5.41, 5.74) is -0.0970. The van der Waals surface area contributed by atoms with Crippen molar-refractivity contribution >= 4 is 10.1 Å². The third kappa shape index (κ3) is 7.44. The lowest BCUT2D eigenvalue weighted by Gasteiger charge is -2.17. The largest absolute Gasteiger partial charge is 0.461 e. The van der Waals surface area contributed by atoms with Gasteiger partial charge < -0.3 is 14.7 Å². The summed E-state index contributed by atoms with van der Waals surface area (Å²) in [6, 6.07) is 2.55. The van der Waals surface area contributed by atoms with Crippen molar-refractivity contribution in [1.29, 1.82) is 0 Å². The zero-order valence-corrected chi connectivity index (χ0v) is 14.8. The first-order valence-corrected chi connectivity index (χ1v) is 8.53. The number of hydrogen-bond donors (Lipinski definition) is 2. The molecular weight excluding hydrogens is 408 g/mol. The zero-order chi connectivity index (χ0) is 21.3. The minimum Gasteiger partial charge on any atom is -0.461 e. The lowest BCUT2D eigenvalue weighted by atomic mass is 10.2. The van der Waals surface area contributed by atoms with Crippen molar-refractivity contribution in [2.75, 3.05) is 6.61 Å². The maximum absolute atomic E-state index is 11.4. The van der Waals surface area contributed by atoms with E-state index in [0.29, 0.717) is 6.07 Å². The Labute approximate surface area is 157 Å². The van der Waals surface area contributed by atoms with Crippen LogP contribution in [0.2, 0.25) is 0 Å². The van der Waals surface area contributed by atoms with Crippen molar-refractivity contribution in [3.05, 3.63) is 62.2 Å². The van der Waals surface area contributed by atoms with Crippen LogP contribution in [-0.2, 0) is 19.9 Å². The van der Waals surface area contributed by atoms with Crippen LogP contribution in [0.3, 0.4) is 0 Å². The van der Waals surface area contributed by atoms with Crippen LogP contribution >= 0.6 is 0 Å². The lowest BCUT2D eigenvalue weighted by molar-refractivity contribution is -0.833. The Morgan fingerprint density at radius 2 is 1.96 bits per heavy atom. The van der Waals surface area contributed by atoms with Crippen LogP contribution in [0.4, 0.5) is 0 Å². The molecule has 0 fully saturated rings. The summed E-state index contributed by atoms with van der Waals surface area (Å²) >= 11 is 0. The molecule has 14 nitrogen and oxygen atoms in total. The van der Waals surface area contributed by atoms with Gasteiger partial charge in [0.25, 0.3) is 15.2 Å². The van der Waals surface area contributed by atoms with E-state index in [2.05, 4.69) is 14.7 Å². The van der Waals surface area contributed by atoms with Crippen molar-refractivity contribution in [1.82, 2.24) is 0 Å². The van der Waals surface area contributed by atoms with Gasteiger partial charge in [0.05, 0.1) is 0 Å². The molecule has 1 aromatic rings. The fraction of sp³-hybridized carbons (Fsp3) is 0.231. The van der Waals surface area contributed by atoms with Gasteiger partial charge in [0.1, 0.15) is 17.3 Å². The Kier molecular flexibility index (Phi) is 8.11. The molecule has 0 aromatic heterocycles. The van der Waals surface area contributed by atoms with Crippen molar-refractivity contribution in [3.63, 3.8) is 0 Å². The van der Waals surface area contributed by atoms with Crippen LogP contribution < -0.4 is 9.62 Å². The molecule has 154 valence electrons. The number of aliphatic hydroxyl groups is 1. The molecule has 1 atom stereocenters. The molecule has 1 rings (SSSR count). The van der Waals surface area contributed by atoms with Gasteiger partial charge in [-0.3, -0.25) is 9.44 Å². The molecule has 15 heteroatoms. The molecule has 0 aliphatic heterocycles. The van der Waals surface area contributed by atoms with E-state index in [1.54, 1.807) is 13.0 Å². The molecule has 28 heavy (non-hydrogen) atoms. The maximum atomic E-state index is 11.4. The van der Waals surface area contributed by atoms with E-state index >= 15 is 0 Å². The predicted molar refractivity (Wildman–Crippen MR) is 87.4 cm³/mol. The highest BCUT2D eigenvalue weighted by molar-refractivity contribution is 7.86. The van der Waals surface area contributed by atoms with Gasteiger partial charge in [0.15, 0.2) is 5.75 Å². The highest BCUT2D eigenvalue weighted by atomic mass is 32.2.